The minimum atomic E-state index is -1.21. The van der Waals surface area contributed by atoms with E-state index in [1.165, 1.54) is 7.05 Å². The molecule has 2 rings (SSSR count). The van der Waals surface area contributed by atoms with Crippen LogP contribution in [0.2, 0.25) is 0 Å². The van der Waals surface area contributed by atoms with Crippen LogP contribution in [0.4, 0.5) is 0 Å². The van der Waals surface area contributed by atoms with Gasteiger partial charge in [-0.15, -0.1) is 0 Å². The number of fused-ring (bicyclic) bond motifs is 1. The lowest BCUT2D eigenvalue weighted by Crippen LogP contribution is -2.41. The van der Waals surface area contributed by atoms with E-state index in [4.69, 9.17) is 5.11 Å². The maximum absolute atomic E-state index is 12.1. The monoisotopic (exact) mass is 257 g/mol. The van der Waals surface area contributed by atoms with E-state index in [9.17, 15) is 9.59 Å². The third-order valence-corrected chi connectivity index (χ3v) is 3.08. The van der Waals surface area contributed by atoms with Crippen molar-refractivity contribution in [1.29, 1.82) is 0 Å². The summed E-state index contributed by atoms with van der Waals surface area (Å²) >= 11 is 0. The molecule has 2 N–H and O–H groups in total. The molecule has 0 bridgehead atoms. The third kappa shape index (κ3) is 2.63. The van der Waals surface area contributed by atoms with Crippen LogP contribution in [-0.2, 0) is 4.79 Å². The maximum Gasteiger partial charge on any atom is 0.328 e. The van der Waals surface area contributed by atoms with Gasteiger partial charge in [0.25, 0.3) is 0 Å². The average Bonchev–Trinajstić information content (AvgIpc) is 2.38. The molecular weight excluding hydrogens is 242 g/mol. The molecule has 0 saturated heterocycles. The number of hydrogen-bond acceptors (Lipinski definition) is 3. The van der Waals surface area contributed by atoms with Gasteiger partial charge in [-0.1, -0.05) is 35.9 Å². The Bertz CT molecular complexity index is 649. The molecule has 1 atom stereocenters. The second-order valence-corrected chi connectivity index (χ2v) is 4.49. The van der Waals surface area contributed by atoms with Crippen LogP contribution in [0.1, 0.15) is 15.9 Å². The van der Waals surface area contributed by atoms with Crippen molar-refractivity contribution in [2.75, 3.05) is 7.05 Å². The highest BCUT2D eigenvalue weighted by Gasteiger charge is 2.25. The number of Topliss-reactive ketones (excluding diaryl/α,β-unsaturated/α-hetero) is 1. The van der Waals surface area contributed by atoms with Gasteiger partial charge in [-0.2, -0.15) is 0 Å². The highest BCUT2D eigenvalue weighted by Crippen LogP contribution is 2.18. The summed E-state index contributed by atoms with van der Waals surface area (Å²) in [7, 11) is 1.46. The minimum Gasteiger partial charge on any atom is -0.480 e. The average molecular weight is 257 g/mol. The fraction of sp³-hybridized carbons (Fsp3) is 0.200. The SMILES string of the molecule is CNC(C(=O)O)C(=O)c1ccc2cc(C)ccc2c1. The van der Waals surface area contributed by atoms with E-state index in [2.05, 4.69) is 5.32 Å². The Morgan fingerprint density at radius 3 is 2.37 bits per heavy atom. The first kappa shape index (κ1) is 13.2. The van der Waals surface area contributed by atoms with Crippen molar-refractivity contribution in [2.45, 2.75) is 13.0 Å². The van der Waals surface area contributed by atoms with E-state index >= 15 is 0 Å². The Morgan fingerprint density at radius 1 is 1.11 bits per heavy atom. The number of benzene rings is 2. The van der Waals surface area contributed by atoms with Crippen LogP contribution in [0.3, 0.4) is 0 Å². The maximum atomic E-state index is 12.1. The fourth-order valence-corrected chi connectivity index (χ4v) is 2.05. The number of nitrogens with one attached hydrogen (secondary N) is 1. The van der Waals surface area contributed by atoms with Gasteiger partial charge in [0.15, 0.2) is 11.8 Å². The zero-order chi connectivity index (χ0) is 14.0. The number of rotatable bonds is 4. The van der Waals surface area contributed by atoms with Crippen molar-refractivity contribution in [2.24, 2.45) is 0 Å². The molecule has 98 valence electrons. The summed E-state index contributed by atoms with van der Waals surface area (Å²) in [6.45, 7) is 2.00. The second kappa shape index (κ2) is 5.20. The lowest BCUT2D eigenvalue weighted by molar-refractivity contribution is -0.137. The summed E-state index contributed by atoms with van der Waals surface area (Å²) in [6.07, 6.45) is 0. The van der Waals surface area contributed by atoms with Crippen LogP contribution >= 0.6 is 0 Å². The van der Waals surface area contributed by atoms with Crippen LogP contribution in [0.25, 0.3) is 10.8 Å². The molecule has 0 heterocycles. The zero-order valence-corrected chi connectivity index (χ0v) is 10.8. The Morgan fingerprint density at radius 2 is 1.74 bits per heavy atom. The molecule has 4 nitrogen and oxygen atoms in total. The summed E-state index contributed by atoms with van der Waals surface area (Å²) < 4.78 is 0. The van der Waals surface area contributed by atoms with E-state index in [0.717, 1.165) is 16.3 Å². The molecule has 0 aromatic heterocycles. The van der Waals surface area contributed by atoms with Crippen LogP contribution in [0, 0.1) is 6.92 Å². The van der Waals surface area contributed by atoms with Gasteiger partial charge in [0, 0.05) is 5.56 Å². The molecule has 2 aromatic carbocycles. The van der Waals surface area contributed by atoms with Crippen molar-refractivity contribution in [1.82, 2.24) is 5.32 Å². The van der Waals surface area contributed by atoms with Gasteiger partial charge in [0.05, 0.1) is 0 Å². The Balaban J connectivity index is 2.43. The molecule has 0 fully saturated rings. The molecule has 1 unspecified atom stereocenters. The predicted molar refractivity (Wildman–Crippen MR) is 73.5 cm³/mol. The first-order valence-corrected chi connectivity index (χ1v) is 5.97. The Kier molecular flexibility index (Phi) is 3.62. The largest absolute Gasteiger partial charge is 0.480 e. The van der Waals surface area contributed by atoms with Gasteiger partial charge < -0.3 is 10.4 Å². The number of carbonyl (C=O) groups excluding carboxylic acids is 1. The van der Waals surface area contributed by atoms with Gasteiger partial charge >= 0.3 is 5.97 Å². The minimum absolute atomic E-state index is 0.401. The molecule has 4 heteroatoms. The highest BCUT2D eigenvalue weighted by atomic mass is 16.4. The van der Waals surface area contributed by atoms with E-state index < -0.39 is 17.8 Å². The van der Waals surface area contributed by atoms with E-state index in [1.54, 1.807) is 12.1 Å². The molecule has 0 saturated carbocycles. The van der Waals surface area contributed by atoms with Crippen molar-refractivity contribution >= 4 is 22.5 Å². The number of carboxylic acid groups (broad SMARTS) is 1. The highest BCUT2D eigenvalue weighted by molar-refractivity contribution is 6.12. The van der Waals surface area contributed by atoms with E-state index in [1.807, 2.05) is 31.2 Å². The lowest BCUT2D eigenvalue weighted by Gasteiger charge is -2.10. The molecular formula is C15H15NO3. The summed E-state index contributed by atoms with van der Waals surface area (Å²) in [6, 6.07) is 9.94. The predicted octanol–water partition coefficient (Wildman–Crippen LogP) is 2.00. The number of aliphatic carboxylic acids is 1. The number of carboxylic acids is 1. The lowest BCUT2D eigenvalue weighted by atomic mass is 9.99. The topological polar surface area (TPSA) is 66.4 Å². The standard InChI is InChI=1S/C15H15NO3/c1-9-3-4-11-8-12(6-5-10(11)7-9)14(17)13(16-2)15(18)19/h3-8,13,16H,1-2H3,(H,18,19). The molecule has 2 aromatic rings. The molecule has 0 amide bonds. The summed E-state index contributed by atoms with van der Waals surface area (Å²) in [5.41, 5.74) is 1.54. The van der Waals surface area contributed by atoms with Gasteiger partial charge in [0.2, 0.25) is 0 Å². The fourth-order valence-electron chi connectivity index (χ4n) is 2.05. The Labute approximate surface area is 111 Å². The van der Waals surface area contributed by atoms with Gasteiger partial charge in [-0.25, -0.2) is 0 Å². The quantitative estimate of drug-likeness (QED) is 0.649. The molecule has 0 aliphatic rings. The molecule has 0 aliphatic heterocycles. The van der Waals surface area contributed by atoms with Gasteiger partial charge in [0.1, 0.15) is 0 Å². The van der Waals surface area contributed by atoms with Crippen molar-refractivity contribution < 1.29 is 14.7 Å². The Hall–Kier alpha value is -2.20. The van der Waals surface area contributed by atoms with Gasteiger partial charge in [-0.3, -0.25) is 9.59 Å². The molecule has 19 heavy (non-hydrogen) atoms. The van der Waals surface area contributed by atoms with Gasteiger partial charge in [-0.05, 0) is 30.8 Å². The van der Waals surface area contributed by atoms with Crippen molar-refractivity contribution in [3.8, 4) is 0 Å². The second-order valence-electron chi connectivity index (χ2n) is 4.49. The van der Waals surface area contributed by atoms with Crippen LogP contribution in [0.5, 0.6) is 0 Å². The number of likely N-dealkylation sites (N-methyl/N-ethyl adjacent to an activating group) is 1. The van der Waals surface area contributed by atoms with E-state index in [-0.39, 0.29) is 0 Å². The smallest absolute Gasteiger partial charge is 0.328 e. The zero-order valence-electron chi connectivity index (χ0n) is 10.8. The molecule has 0 radical (unpaired) electrons. The number of ketones is 1. The van der Waals surface area contributed by atoms with Crippen LogP contribution in [-0.4, -0.2) is 29.9 Å². The van der Waals surface area contributed by atoms with E-state index in [0.29, 0.717) is 5.56 Å². The third-order valence-electron chi connectivity index (χ3n) is 3.08. The molecule has 0 spiro atoms. The van der Waals surface area contributed by atoms with Crippen molar-refractivity contribution in [3.63, 3.8) is 0 Å². The molecule has 0 aliphatic carbocycles. The normalized spacial score (nSPS) is 12.3. The summed E-state index contributed by atoms with van der Waals surface area (Å²) in [4.78, 5) is 23.1. The number of aryl methyl sites for hydroxylation is 1. The summed E-state index contributed by atoms with van der Waals surface area (Å²) in [5, 5.41) is 13.4. The first-order valence-electron chi connectivity index (χ1n) is 5.97. The first-order chi connectivity index (χ1) is 9.02. The van der Waals surface area contributed by atoms with Crippen LogP contribution < -0.4 is 5.32 Å². The van der Waals surface area contributed by atoms with Crippen molar-refractivity contribution in [3.05, 3.63) is 47.5 Å². The number of hydrogen-bond donors (Lipinski definition) is 2. The summed E-state index contributed by atoms with van der Waals surface area (Å²) in [5.74, 6) is -1.60. The number of carbonyl (C=O) groups is 2. The van der Waals surface area contributed by atoms with Crippen LogP contribution in [0.15, 0.2) is 36.4 Å².